The molecule has 0 amide bonds. The maximum atomic E-state index is 6.13. The Balaban J connectivity index is 1.24. The number of hydrogen-bond donors (Lipinski definition) is 0. The third-order valence-electron chi connectivity index (χ3n) is 5.16. The highest BCUT2D eigenvalue weighted by atomic mass is 79.9. The lowest BCUT2D eigenvalue weighted by molar-refractivity contribution is 0.109. The molecule has 3 rings (SSSR count). The Bertz CT molecular complexity index is 636. The minimum atomic E-state index is 0.384. The number of benzene rings is 2. The molecule has 0 saturated heterocycles. The smallest absolute Gasteiger partial charge is 0.120 e. The summed E-state index contributed by atoms with van der Waals surface area (Å²) in [6.07, 6.45) is 9.11. The molecule has 2 aromatic carbocycles. The van der Waals surface area contributed by atoms with Crippen molar-refractivity contribution >= 4 is 15.9 Å². The second-order valence-corrected chi connectivity index (χ2v) is 8.17. The van der Waals surface area contributed by atoms with Crippen molar-refractivity contribution in [1.82, 2.24) is 0 Å². The summed E-state index contributed by atoms with van der Waals surface area (Å²) in [5, 5.41) is 0. The second-order valence-electron chi connectivity index (χ2n) is 7.25. The van der Waals surface area contributed by atoms with E-state index in [1.807, 2.05) is 24.3 Å². The maximum absolute atomic E-state index is 6.13. The molecule has 1 fully saturated rings. The lowest BCUT2D eigenvalue weighted by atomic mass is 9.84. The zero-order valence-electron chi connectivity index (χ0n) is 15.4. The molecule has 1 aliphatic rings. The van der Waals surface area contributed by atoms with Gasteiger partial charge >= 0.3 is 0 Å². The van der Waals surface area contributed by atoms with E-state index < -0.39 is 0 Å². The molecule has 3 heteroatoms. The molecule has 26 heavy (non-hydrogen) atoms. The van der Waals surface area contributed by atoms with Crippen molar-refractivity contribution in [2.45, 2.75) is 57.7 Å². The van der Waals surface area contributed by atoms with Gasteiger partial charge in [0.15, 0.2) is 0 Å². The normalized spacial score (nSPS) is 20.0. The first-order valence-corrected chi connectivity index (χ1v) is 10.6. The predicted molar refractivity (Wildman–Crippen MR) is 110 cm³/mol. The Kier molecular flexibility index (Phi) is 8.03. The Morgan fingerprint density at radius 2 is 1.69 bits per heavy atom. The van der Waals surface area contributed by atoms with E-state index in [9.17, 15) is 0 Å². The largest absolute Gasteiger partial charge is 0.490 e. The van der Waals surface area contributed by atoms with Crippen LogP contribution in [0.5, 0.6) is 5.75 Å². The first-order valence-electron chi connectivity index (χ1n) is 9.83. The Hall–Kier alpha value is -1.32. The minimum absolute atomic E-state index is 0.384. The monoisotopic (exact) mass is 416 g/mol. The van der Waals surface area contributed by atoms with Crippen LogP contribution in [0.15, 0.2) is 59.1 Å². The van der Waals surface area contributed by atoms with E-state index in [2.05, 4.69) is 46.3 Å². The summed E-state index contributed by atoms with van der Waals surface area (Å²) in [4.78, 5) is 0. The van der Waals surface area contributed by atoms with Crippen LogP contribution < -0.4 is 4.74 Å². The van der Waals surface area contributed by atoms with Crippen molar-refractivity contribution in [3.05, 3.63) is 64.6 Å². The van der Waals surface area contributed by atoms with Gasteiger partial charge in [0, 0.05) is 11.1 Å². The summed E-state index contributed by atoms with van der Waals surface area (Å²) in [6.45, 7) is 1.61. The van der Waals surface area contributed by atoms with Crippen LogP contribution in [-0.4, -0.2) is 12.7 Å². The third kappa shape index (κ3) is 6.77. The van der Waals surface area contributed by atoms with Crippen molar-refractivity contribution < 1.29 is 9.47 Å². The molecular weight excluding hydrogens is 388 g/mol. The number of unbranched alkanes of at least 4 members (excludes halogenated alkanes) is 1. The summed E-state index contributed by atoms with van der Waals surface area (Å²) in [7, 11) is 0. The van der Waals surface area contributed by atoms with Crippen molar-refractivity contribution in [3.63, 3.8) is 0 Å². The van der Waals surface area contributed by atoms with Gasteiger partial charge in [0.25, 0.3) is 0 Å². The van der Waals surface area contributed by atoms with Crippen LogP contribution in [0.4, 0.5) is 0 Å². The molecule has 0 aliphatic heterocycles. The molecule has 0 spiro atoms. The van der Waals surface area contributed by atoms with Gasteiger partial charge in [-0.2, -0.15) is 0 Å². The van der Waals surface area contributed by atoms with Crippen LogP contribution in [-0.2, 0) is 11.3 Å². The highest BCUT2D eigenvalue weighted by Gasteiger charge is 2.22. The highest BCUT2D eigenvalue weighted by Crippen LogP contribution is 2.31. The molecule has 0 N–H and O–H groups in total. The van der Waals surface area contributed by atoms with Crippen molar-refractivity contribution in [2.75, 3.05) is 6.61 Å². The van der Waals surface area contributed by atoms with Gasteiger partial charge in [0.05, 0.1) is 12.7 Å². The molecule has 0 radical (unpaired) electrons. The molecule has 2 aromatic rings. The van der Waals surface area contributed by atoms with Gasteiger partial charge in [0.1, 0.15) is 5.75 Å². The first-order chi connectivity index (χ1) is 12.8. The number of halogens is 1. The molecule has 1 aliphatic carbocycles. The van der Waals surface area contributed by atoms with Crippen LogP contribution in [0.25, 0.3) is 0 Å². The van der Waals surface area contributed by atoms with E-state index in [-0.39, 0.29) is 0 Å². The SMILES string of the molecule is Brc1cccc(O[C@H]2CC[C@H](CCCCOCc3ccccc3)CC2)c1. The lowest BCUT2D eigenvalue weighted by Crippen LogP contribution is -2.24. The summed E-state index contributed by atoms with van der Waals surface area (Å²) in [5.41, 5.74) is 1.26. The van der Waals surface area contributed by atoms with Gasteiger partial charge in [-0.05, 0) is 61.8 Å². The van der Waals surface area contributed by atoms with Gasteiger partial charge in [-0.1, -0.05) is 65.2 Å². The Morgan fingerprint density at radius 3 is 2.46 bits per heavy atom. The zero-order valence-corrected chi connectivity index (χ0v) is 17.0. The Morgan fingerprint density at radius 1 is 0.885 bits per heavy atom. The topological polar surface area (TPSA) is 18.5 Å². The fourth-order valence-electron chi connectivity index (χ4n) is 3.67. The van der Waals surface area contributed by atoms with Crippen molar-refractivity contribution in [3.8, 4) is 5.75 Å². The maximum Gasteiger partial charge on any atom is 0.120 e. The van der Waals surface area contributed by atoms with Crippen molar-refractivity contribution in [2.24, 2.45) is 5.92 Å². The molecule has 0 bridgehead atoms. The van der Waals surface area contributed by atoms with E-state index in [1.165, 1.54) is 50.5 Å². The quantitative estimate of drug-likeness (QED) is 0.419. The van der Waals surface area contributed by atoms with E-state index in [1.54, 1.807) is 0 Å². The highest BCUT2D eigenvalue weighted by molar-refractivity contribution is 9.10. The standard InChI is InChI=1S/C23H29BrO2/c24-21-10-6-11-23(17-21)26-22-14-12-19(13-15-22)7-4-5-16-25-18-20-8-2-1-3-9-20/h1-3,6,8-11,17,19,22H,4-5,7,12-16,18H2/t19-,22-. The van der Waals surface area contributed by atoms with Crippen LogP contribution >= 0.6 is 15.9 Å². The molecule has 0 atom stereocenters. The second kappa shape index (κ2) is 10.7. The van der Waals surface area contributed by atoms with Crippen LogP contribution in [0.3, 0.4) is 0 Å². The van der Waals surface area contributed by atoms with Crippen LogP contribution in [0.2, 0.25) is 0 Å². The molecule has 0 unspecified atom stereocenters. The average Bonchev–Trinajstić information content (AvgIpc) is 2.67. The van der Waals surface area contributed by atoms with E-state index in [4.69, 9.17) is 9.47 Å². The Labute approximate surface area is 166 Å². The molecule has 0 aromatic heterocycles. The van der Waals surface area contributed by atoms with Crippen LogP contribution in [0, 0.1) is 5.92 Å². The minimum Gasteiger partial charge on any atom is -0.490 e. The summed E-state index contributed by atoms with van der Waals surface area (Å²) < 4.78 is 13.0. The molecule has 140 valence electrons. The number of rotatable bonds is 9. The molecule has 0 heterocycles. The molecule has 2 nitrogen and oxygen atoms in total. The molecular formula is C23H29BrO2. The predicted octanol–water partition coefficient (Wildman–Crippen LogP) is 6.77. The average molecular weight is 417 g/mol. The van der Waals surface area contributed by atoms with Gasteiger partial charge in [-0.15, -0.1) is 0 Å². The van der Waals surface area contributed by atoms with Crippen molar-refractivity contribution in [1.29, 1.82) is 0 Å². The third-order valence-corrected chi connectivity index (χ3v) is 5.65. The zero-order chi connectivity index (χ0) is 18.0. The number of ether oxygens (including phenoxy) is 2. The van der Waals surface area contributed by atoms with Gasteiger partial charge in [-0.3, -0.25) is 0 Å². The fourth-order valence-corrected chi connectivity index (χ4v) is 4.05. The lowest BCUT2D eigenvalue weighted by Gasteiger charge is -2.29. The summed E-state index contributed by atoms with van der Waals surface area (Å²) in [5.74, 6) is 1.85. The number of hydrogen-bond acceptors (Lipinski definition) is 2. The van der Waals surface area contributed by atoms with E-state index in [0.717, 1.165) is 29.4 Å². The van der Waals surface area contributed by atoms with E-state index >= 15 is 0 Å². The van der Waals surface area contributed by atoms with Gasteiger partial charge in [0.2, 0.25) is 0 Å². The van der Waals surface area contributed by atoms with E-state index in [0.29, 0.717) is 6.10 Å². The fraction of sp³-hybridized carbons (Fsp3) is 0.478. The summed E-state index contributed by atoms with van der Waals surface area (Å²) >= 11 is 3.51. The first kappa shape index (κ1) is 19.4. The van der Waals surface area contributed by atoms with Crippen LogP contribution in [0.1, 0.15) is 50.5 Å². The summed E-state index contributed by atoms with van der Waals surface area (Å²) in [6, 6.07) is 18.6. The van der Waals surface area contributed by atoms with Gasteiger partial charge < -0.3 is 9.47 Å². The van der Waals surface area contributed by atoms with Gasteiger partial charge in [-0.25, -0.2) is 0 Å². The molecule has 1 saturated carbocycles.